The molecule has 0 rings (SSSR count). The van der Waals surface area contributed by atoms with Crippen molar-refractivity contribution in [3.8, 4) is 0 Å². The van der Waals surface area contributed by atoms with Crippen LogP contribution in [0.4, 0.5) is 0 Å². The zero-order valence-electron chi connectivity index (χ0n) is 5.32. The van der Waals surface area contributed by atoms with Crippen LogP contribution in [0.15, 0.2) is 0 Å². The predicted molar refractivity (Wildman–Crippen MR) is 30.8 cm³/mol. The Labute approximate surface area is 45.7 Å². The van der Waals surface area contributed by atoms with Crippen molar-refractivity contribution in [1.29, 1.82) is 0 Å². The van der Waals surface area contributed by atoms with E-state index in [0.717, 1.165) is 12.5 Å². The fourth-order valence-electron chi connectivity index (χ4n) is 0.454. The molecule has 1 nitrogen and oxygen atoms in total. The van der Waals surface area contributed by atoms with Gasteiger partial charge in [0.2, 0.25) is 0 Å². The van der Waals surface area contributed by atoms with Crippen molar-refractivity contribution in [2.45, 2.75) is 26.7 Å². The Morgan fingerprint density at radius 1 is 1.57 bits per heavy atom. The predicted octanol–water partition coefficient (Wildman–Crippen LogP) is 1.98. The van der Waals surface area contributed by atoms with Crippen LogP contribution in [0.25, 0.3) is 0 Å². The molecule has 0 N–H and O–H groups in total. The smallest absolute Gasteiger partial charge is 0.0936 e. The molecule has 0 amide bonds. The first kappa shape index (κ1) is 6.96. The van der Waals surface area contributed by atoms with Gasteiger partial charge < -0.3 is 4.74 Å². The van der Waals surface area contributed by atoms with Crippen LogP contribution in [-0.2, 0) is 4.74 Å². The van der Waals surface area contributed by atoms with Gasteiger partial charge >= 0.3 is 0 Å². The molecule has 0 saturated heterocycles. The maximum atomic E-state index is 4.91. The molecule has 0 spiro atoms. The summed E-state index contributed by atoms with van der Waals surface area (Å²) >= 11 is 0. The lowest BCUT2D eigenvalue weighted by Gasteiger charge is -2.02. The average Bonchev–Trinajstić information content (AvgIpc) is 1.68. The Hall–Kier alpha value is -0.0400. The van der Waals surface area contributed by atoms with Crippen molar-refractivity contribution >= 4 is 0 Å². The molecule has 0 bridgehead atoms. The standard InChI is InChI=1S/C6H13O/c1-4-5-6(2)7-3/h4-5H2,1-3H3. The van der Waals surface area contributed by atoms with Gasteiger partial charge in [-0.1, -0.05) is 13.3 Å². The molecular weight excluding hydrogens is 88.1 g/mol. The van der Waals surface area contributed by atoms with Gasteiger partial charge in [0, 0.05) is 7.11 Å². The van der Waals surface area contributed by atoms with Crippen molar-refractivity contribution in [2.75, 3.05) is 7.11 Å². The van der Waals surface area contributed by atoms with E-state index in [2.05, 4.69) is 6.92 Å². The summed E-state index contributed by atoms with van der Waals surface area (Å²) in [6, 6.07) is 0. The first-order valence-electron chi connectivity index (χ1n) is 2.67. The van der Waals surface area contributed by atoms with E-state index in [9.17, 15) is 0 Å². The molecule has 0 aromatic carbocycles. The van der Waals surface area contributed by atoms with Crippen LogP contribution in [0, 0.1) is 6.10 Å². The molecule has 0 aliphatic carbocycles. The zero-order chi connectivity index (χ0) is 5.70. The fraction of sp³-hybridized carbons (Fsp3) is 0.833. The second-order valence-corrected chi connectivity index (χ2v) is 1.66. The summed E-state index contributed by atoms with van der Waals surface area (Å²) in [6.45, 7) is 4.14. The molecule has 0 saturated carbocycles. The maximum Gasteiger partial charge on any atom is 0.0936 e. The van der Waals surface area contributed by atoms with E-state index in [1.165, 1.54) is 6.42 Å². The van der Waals surface area contributed by atoms with Crippen LogP contribution in [0.1, 0.15) is 26.7 Å². The minimum absolute atomic E-state index is 1.09. The van der Waals surface area contributed by atoms with Crippen molar-refractivity contribution in [1.82, 2.24) is 0 Å². The van der Waals surface area contributed by atoms with Crippen LogP contribution >= 0.6 is 0 Å². The number of rotatable bonds is 3. The van der Waals surface area contributed by atoms with Gasteiger partial charge in [0.15, 0.2) is 0 Å². The first-order chi connectivity index (χ1) is 3.31. The summed E-state index contributed by atoms with van der Waals surface area (Å²) in [6.07, 6.45) is 3.40. The Bertz CT molecular complexity index is 35.2. The molecule has 7 heavy (non-hydrogen) atoms. The number of methoxy groups -OCH3 is 1. The third kappa shape index (κ3) is 3.80. The Kier molecular flexibility index (Phi) is 4.10. The van der Waals surface area contributed by atoms with Gasteiger partial charge in [-0.05, 0) is 13.3 Å². The van der Waals surface area contributed by atoms with E-state index >= 15 is 0 Å². The highest BCUT2D eigenvalue weighted by atomic mass is 16.5. The van der Waals surface area contributed by atoms with E-state index in [4.69, 9.17) is 4.74 Å². The zero-order valence-corrected chi connectivity index (χ0v) is 5.32. The lowest BCUT2D eigenvalue weighted by Crippen LogP contribution is -1.91. The van der Waals surface area contributed by atoms with Gasteiger partial charge in [0.25, 0.3) is 0 Å². The SMILES string of the molecule is CCC[C](C)OC. The first-order valence-corrected chi connectivity index (χ1v) is 2.67. The molecule has 0 heterocycles. The number of hydrogen-bond donors (Lipinski definition) is 0. The van der Waals surface area contributed by atoms with Crippen molar-refractivity contribution in [2.24, 2.45) is 0 Å². The second kappa shape index (κ2) is 4.13. The van der Waals surface area contributed by atoms with Gasteiger partial charge in [-0.2, -0.15) is 0 Å². The fourth-order valence-corrected chi connectivity index (χ4v) is 0.454. The summed E-state index contributed by atoms with van der Waals surface area (Å²) in [7, 11) is 1.71. The lowest BCUT2D eigenvalue weighted by molar-refractivity contribution is 0.203. The molecule has 0 fully saturated rings. The maximum absolute atomic E-state index is 4.91. The van der Waals surface area contributed by atoms with Gasteiger partial charge in [-0.3, -0.25) is 0 Å². The minimum atomic E-state index is 1.09. The molecule has 1 heteroatoms. The highest BCUT2D eigenvalue weighted by Crippen LogP contribution is 2.05. The molecular formula is C6H13O. The largest absolute Gasteiger partial charge is 0.376 e. The van der Waals surface area contributed by atoms with Gasteiger partial charge in [-0.15, -0.1) is 0 Å². The Morgan fingerprint density at radius 3 is 2.29 bits per heavy atom. The third-order valence-electron chi connectivity index (χ3n) is 0.951. The molecule has 0 aromatic rings. The van der Waals surface area contributed by atoms with E-state index in [0.29, 0.717) is 0 Å². The summed E-state index contributed by atoms with van der Waals surface area (Å²) in [5.41, 5.74) is 0. The van der Waals surface area contributed by atoms with Crippen molar-refractivity contribution in [3.05, 3.63) is 6.10 Å². The van der Waals surface area contributed by atoms with Crippen LogP contribution in [-0.4, -0.2) is 7.11 Å². The van der Waals surface area contributed by atoms with Gasteiger partial charge in [0.1, 0.15) is 0 Å². The van der Waals surface area contributed by atoms with Crippen LogP contribution in [0.5, 0.6) is 0 Å². The molecule has 1 radical (unpaired) electrons. The van der Waals surface area contributed by atoms with E-state index < -0.39 is 0 Å². The van der Waals surface area contributed by atoms with Gasteiger partial charge in [-0.25, -0.2) is 0 Å². The molecule has 0 aromatic heterocycles. The summed E-state index contributed by atoms with van der Waals surface area (Å²) in [4.78, 5) is 0. The van der Waals surface area contributed by atoms with Crippen LogP contribution < -0.4 is 0 Å². The Balaban J connectivity index is 2.83. The van der Waals surface area contributed by atoms with E-state index in [1.807, 2.05) is 6.92 Å². The van der Waals surface area contributed by atoms with E-state index in [-0.39, 0.29) is 0 Å². The van der Waals surface area contributed by atoms with Crippen molar-refractivity contribution in [3.63, 3.8) is 0 Å². The van der Waals surface area contributed by atoms with Crippen molar-refractivity contribution < 1.29 is 4.74 Å². The monoisotopic (exact) mass is 101 g/mol. The number of ether oxygens (including phenoxy) is 1. The number of hydrogen-bond acceptors (Lipinski definition) is 1. The third-order valence-corrected chi connectivity index (χ3v) is 0.951. The average molecular weight is 101 g/mol. The summed E-state index contributed by atoms with van der Waals surface area (Å²) < 4.78 is 4.91. The van der Waals surface area contributed by atoms with E-state index in [1.54, 1.807) is 7.11 Å². The second-order valence-electron chi connectivity index (χ2n) is 1.66. The molecule has 0 aliphatic heterocycles. The summed E-state index contributed by atoms with van der Waals surface area (Å²) in [5, 5.41) is 0. The summed E-state index contributed by atoms with van der Waals surface area (Å²) in [5.74, 6) is 0. The topological polar surface area (TPSA) is 9.23 Å². The highest BCUT2D eigenvalue weighted by Gasteiger charge is 1.94. The highest BCUT2D eigenvalue weighted by molar-refractivity contribution is 4.67. The molecule has 0 aliphatic rings. The molecule has 0 atom stereocenters. The Morgan fingerprint density at radius 2 is 2.14 bits per heavy atom. The normalized spacial score (nSPS) is 10.3. The quantitative estimate of drug-likeness (QED) is 0.528. The van der Waals surface area contributed by atoms with Crippen LogP contribution in [0.3, 0.4) is 0 Å². The minimum Gasteiger partial charge on any atom is -0.376 e. The molecule has 0 unspecified atom stereocenters. The van der Waals surface area contributed by atoms with Gasteiger partial charge in [0.05, 0.1) is 6.10 Å². The van der Waals surface area contributed by atoms with Crippen LogP contribution in [0.2, 0.25) is 0 Å². The molecule has 43 valence electrons. The lowest BCUT2D eigenvalue weighted by atomic mass is 10.2.